The predicted molar refractivity (Wildman–Crippen MR) is 116 cm³/mol. The second kappa shape index (κ2) is 9.38. The number of ether oxygens (including phenoxy) is 3. The molecule has 0 aliphatic heterocycles. The quantitative estimate of drug-likeness (QED) is 0.565. The van der Waals surface area contributed by atoms with E-state index < -0.39 is 0 Å². The van der Waals surface area contributed by atoms with E-state index >= 15 is 0 Å². The van der Waals surface area contributed by atoms with Crippen molar-refractivity contribution in [3.05, 3.63) is 18.2 Å². The van der Waals surface area contributed by atoms with Crippen LogP contribution >= 0.6 is 0 Å². The molecule has 0 saturated heterocycles. The van der Waals surface area contributed by atoms with Gasteiger partial charge in [-0.1, -0.05) is 6.92 Å². The maximum Gasteiger partial charge on any atom is 0.297 e. The van der Waals surface area contributed by atoms with Gasteiger partial charge < -0.3 is 19.0 Å². The third-order valence-corrected chi connectivity index (χ3v) is 6.14. The van der Waals surface area contributed by atoms with Crippen molar-refractivity contribution in [3.63, 3.8) is 0 Å². The summed E-state index contributed by atoms with van der Waals surface area (Å²) >= 11 is 0. The molecule has 0 spiro atoms. The van der Waals surface area contributed by atoms with Gasteiger partial charge in [0.1, 0.15) is 17.6 Å². The lowest BCUT2D eigenvalue weighted by Gasteiger charge is -2.29. The number of ketones is 1. The van der Waals surface area contributed by atoms with Crippen LogP contribution < -0.4 is 9.47 Å². The summed E-state index contributed by atoms with van der Waals surface area (Å²) in [5.41, 5.74) is 1.97. The monoisotopic (exact) mass is 414 g/mol. The largest absolute Gasteiger partial charge is 0.493 e. The lowest BCUT2D eigenvalue weighted by atomic mass is 9.95. The maximum atomic E-state index is 11.2. The second-order valence-corrected chi connectivity index (χ2v) is 9.22. The highest BCUT2D eigenvalue weighted by Gasteiger charge is 2.25. The van der Waals surface area contributed by atoms with Crippen LogP contribution in [-0.2, 0) is 16.6 Å². The fourth-order valence-electron chi connectivity index (χ4n) is 4.17. The topological polar surface area (TPSA) is 62.6 Å². The minimum Gasteiger partial charge on any atom is -0.493 e. The Morgan fingerprint density at radius 3 is 2.60 bits per heavy atom. The summed E-state index contributed by atoms with van der Waals surface area (Å²) in [5.74, 6) is 2.14. The summed E-state index contributed by atoms with van der Waals surface area (Å²) < 4.78 is 20.2. The van der Waals surface area contributed by atoms with Gasteiger partial charge in [0, 0.05) is 26.1 Å². The molecule has 2 aromatic rings. The summed E-state index contributed by atoms with van der Waals surface area (Å²) in [7, 11) is 2.00. The molecule has 2 fully saturated rings. The SMILES string of the molecule is CC(=O)C[C@@H](C)COC1CCC(Oc2nc3cc(OCC4CC4)ccc3n2C)CC1. The lowest BCUT2D eigenvalue weighted by Crippen LogP contribution is -2.30. The number of nitrogens with zero attached hydrogens (tertiary/aromatic N) is 2. The molecule has 0 N–H and O–H groups in total. The van der Waals surface area contributed by atoms with Gasteiger partial charge in [-0.25, -0.2) is 0 Å². The van der Waals surface area contributed by atoms with Crippen LogP contribution in [0.1, 0.15) is 58.8 Å². The van der Waals surface area contributed by atoms with Crippen molar-refractivity contribution in [1.82, 2.24) is 9.55 Å². The number of hydrogen-bond acceptors (Lipinski definition) is 5. The highest BCUT2D eigenvalue weighted by molar-refractivity contribution is 5.78. The van der Waals surface area contributed by atoms with E-state index in [-0.39, 0.29) is 23.9 Å². The highest BCUT2D eigenvalue weighted by atomic mass is 16.5. The van der Waals surface area contributed by atoms with E-state index in [9.17, 15) is 4.79 Å². The van der Waals surface area contributed by atoms with Crippen molar-refractivity contribution in [2.24, 2.45) is 18.9 Å². The van der Waals surface area contributed by atoms with Gasteiger partial charge in [-0.15, -0.1) is 0 Å². The van der Waals surface area contributed by atoms with Gasteiger partial charge in [0.15, 0.2) is 0 Å². The second-order valence-electron chi connectivity index (χ2n) is 9.22. The molecule has 2 aliphatic carbocycles. The normalized spacial score (nSPS) is 22.8. The zero-order valence-corrected chi connectivity index (χ0v) is 18.4. The molecule has 6 heteroatoms. The summed E-state index contributed by atoms with van der Waals surface area (Å²) in [6.07, 6.45) is 7.50. The minimum atomic E-state index is 0.167. The Bertz CT molecular complexity index is 865. The third-order valence-electron chi connectivity index (χ3n) is 6.14. The summed E-state index contributed by atoms with van der Waals surface area (Å²) in [4.78, 5) is 15.9. The summed E-state index contributed by atoms with van der Waals surface area (Å²) in [6, 6.07) is 6.76. The Kier molecular flexibility index (Phi) is 6.61. The van der Waals surface area contributed by atoms with Crippen LogP contribution in [0.2, 0.25) is 0 Å². The Morgan fingerprint density at radius 2 is 1.90 bits per heavy atom. The van der Waals surface area contributed by atoms with Gasteiger partial charge in [0.05, 0.1) is 23.7 Å². The molecule has 6 nitrogen and oxygen atoms in total. The van der Waals surface area contributed by atoms with Crippen LogP contribution in [0, 0.1) is 11.8 Å². The fourth-order valence-corrected chi connectivity index (χ4v) is 4.17. The number of benzene rings is 1. The van der Waals surface area contributed by atoms with Gasteiger partial charge in [-0.3, -0.25) is 4.57 Å². The number of carbonyl (C=O) groups excluding carboxylic acids is 1. The van der Waals surface area contributed by atoms with Crippen LogP contribution in [0.4, 0.5) is 0 Å². The predicted octanol–water partition coefficient (Wildman–Crippen LogP) is 4.68. The molecule has 1 atom stereocenters. The Labute approximate surface area is 178 Å². The number of carbonyl (C=O) groups is 1. The molecule has 0 amide bonds. The van der Waals surface area contributed by atoms with E-state index in [1.807, 2.05) is 23.7 Å². The molecular formula is C24H34N2O4. The van der Waals surface area contributed by atoms with Gasteiger partial charge >= 0.3 is 0 Å². The van der Waals surface area contributed by atoms with E-state index in [0.29, 0.717) is 19.0 Å². The molecular weight excluding hydrogens is 380 g/mol. The molecule has 30 heavy (non-hydrogen) atoms. The Morgan fingerprint density at radius 1 is 1.17 bits per heavy atom. The standard InChI is InChI=1S/C24H34N2O4/c1-16(12-17(2)27)14-28-19-6-8-20(9-7-19)30-24-25-22-13-21(29-15-18-4-5-18)10-11-23(22)26(24)3/h10-11,13,16,18-20H,4-9,12,14-15H2,1-3H3/t16-,19?,20?/m1/s1. The molecule has 1 heterocycles. The molecule has 2 aliphatic rings. The highest BCUT2D eigenvalue weighted by Crippen LogP contribution is 2.31. The summed E-state index contributed by atoms with van der Waals surface area (Å²) in [5, 5.41) is 0. The molecule has 0 unspecified atom stereocenters. The first kappa shape index (κ1) is 21.2. The first-order chi connectivity index (χ1) is 14.5. The van der Waals surface area contributed by atoms with Gasteiger partial charge in [0.25, 0.3) is 6.01 Å². The van der Waals surface area contributed by atoms with E-state index in [1.54, 1.807) is 6.92 Å². The van der Waals surface area contributed by atoms with E-state index in [2.05, 4.69) is 13.0 Å². The zero-order valence-electron chi connectivity index (χ0n) is 18.4. The van der Waals surface area contributed by atoms with E-state index in [4.69, 9.17) is 19.2 Å². The maximum absolute atomic E-state index is 11.2. The number of imidazole rings is 1. The average molecular weight is 415 g/mol. The van der Waals surface area contributed by atoms with E-state index in [1.165, 1.54) is 12.8 Å². The average Bonchev–Trinajstić information content (AvgIpc) is 3.50. The molecule has 2 saturated carbocycles. The van der Waals surface area contributed by atoms with E-state index in [0.717, 1.165) is 55.0 Å². The van der Waals surface area contributed by atoms with Gasteiger partial charge in [-0.2, -0.15) is 4.98 Å². The van der Waals surface area contributed by atoms with Crippen LogP contribution in [0.3, 0.4) is 0 Å². The summed E-state index contributed by atoms with van der Waals surface area (Å²) in [6.45, 7) is 5.18. The number of aromatic nitrogens is 2. The lowest BCUT2D eigenvalue weighted by molar-refractivity contribution is -0.118. The molecule has 1 aromatic heterocycles. The third kappa shape index (κ3) is 5.54. The van der Waals surface area contributed by atoms with Crippen LogP contribution in [0.25, 0.3) is 11.0 Å². The van der Waals surface area contributed by atoms with Crippen molar-refractivity contribution in [2.45, 2.75) is 71.0 Å². The number of hydrogen-bond donors (Lipinski definition) is 0. The zero-order chi connectivity index (χ0) is 21.1. The number of Topliss-reactive ketones (excluding diaryl/α,β-unsaturated/α-hetero) is 1. The molecule has 0 bridgehead atoms. The Balaban J connectivity index is 1.28. The minimum absolute atomic E-state index is 0.167. The molecule has 4 rings (SSSR count). The molecule has 1 aromatic carbocycles. The van der Waals surface area contributed by atoms with Crippen molar-refractivity contribution in [1.29, 1.82) is 0 Å². The van der Waals surface area contributed by atoms with Crippen LogP contribution in [0.5, 0.6) is 11.8 Å². The number of fused-ring (bicyclic) bond motifs is 1. The van der Waals surface area contributed by atoms with Gasteiger partial charge in [0.2, 0.25) is 0 Å². The van der Waals surface area contributed by atoms with Gasteiger partial charge in [-0.05, 0) is 69.4 Å². The molecule has 164 valence electrons. The van der Waals surface area contributed by atoms with Crippen molar-refractivity contribution in [3.8, 4) is 11.8 Å². The van der Waals surface area contributed by atoms with Crippen molar-refractivity contribution >= 4 is 16.8 Å². The van der Waals surface area contributed by atoms with Crippen LogP contribution in [0.15, 0.2) is 18.2 Å². The number of aryl methyl sites for hydroxylation is 1. The fraction of sp³-hybridized carbons (Fsp3) is 0.667. The Hall–Kier alpha value is -2.08. The van der Waals surface area contributed by atoms with Crippen molar-refractivity contribution in [2.75, 3.05) is 13.2 Å². The first-order valence-electron chi connectivity index (χ1n) is 11.3. The first-order valence-corrected chi connectivity index (χ1v) is 11.3. The van der Waals surface area contributed by atoms with Crippen LogP contribution in [-0.4, -0.2) is 40.8 Å². The van der Waals surface area contributed by atoms with Crippen molar-refractivity contribution < 1.29 is 19.0 Å². The molecule has 0 radical (unpaired) electrons. The smallest absolute Gasteiger partial charge is 0.297 e. The number of rotatable bonds is 10.